The molecule has 0 N–H and O–H groups in total. The minimum absolute atomic E-state index is 0.0218. The molecule has 3 aliphatic heterocycles. The first kappa shape index (κ1) is 22.3. The van der Waals surface area contributed by atoms with Crippen molar-refractivity contribution in [1.82, 2.24) is 9.21 Å². The van der Waals surface area contributed by atoms with Crippen LogP contribution in [-0.2, 0) is 26.0 Å². The first-order valence-electron chi connectivity index (χ1n) is 11.5. The summed E-state index contributed by atoms with van der Waals surface area (Å²) in [6, 6.07) is 5.10. The summed E-state index contributed by atoms with van der Waals surface area (Å²) in [5.74, 6) is 0.774. The number of amides is 2. The summed E-state index contributed by atoms with van der Waals surface area (Å²) in [5, 5.41) is 0. The van der Waals surface area contributed by atoms with Gasteiger partial charge in [0.05, 0.1) is 4.90 Å². The predicted molar refractivity (Wildman–Crippen MR) is 119 cm³/mol. The van der Waals surface area contributed by atoms with Crippen LogP contribution in [0.5, 0.6) is 0 Å². The Morgan fingerprint density at radius 2 is 1.65 bits per heavy atom. The van der Waals surface area contributed by atoms with Gasteiger partial charge in [-0.15, -0.1) is 0 Å². The van der Waals surface area contributed by atoms with Crippen LogP contribution >= 0.6 is 0 Å². The monoisotopic (exact) mass is 447 g/mol. The average molecular weight is 448 g/mol. The molecule has 1 aromatic carbocycles. The largest absolute Gasteiger partial charge is 0.342 e. The second kappa shape index (κ2) is 8.90. The first-order chi connectivity index (χ1) is 14.8. The van der Waals surface area contributed by atoms with Crippen molar-refractivity contribution in [3.8, 4) is 0 Å². The van der Waals surface area contributed by atoms with Gasteiger partial charge in [-0.1, -0.05) is 6.92 Å². The molecule has 3 heterocycles. The fourth-order valence-electron chi connectivity index (χ4n) is 5.04. The van der Waals surface area contributed by atoms with Crippen molar-refractivity contribution < 1.29 is 18.0 Å². The molecule has 2 fully saturated rings. The summed E-state index contributed by atoms with van der Waals surface area (Å²) in [4.78, 5) is 28.7. The minimum atomic E-state index is -3.61. The number of carbonyl (C=O) groups is 2. The summed E-state index contributed by atoms with van der Waals surface area (Å²) in [5.41, 5.74) is 1.73. The number of hydrogen-bond acceptors (Lipinski definition) is 4. The second-order valence-corrected chi connectivity index (χ2v) is 11.2. The van der Waals surface area contributed by atoms with E-state index >= 15 is 0 Å². The van der Waals surface area contributed by atoms with Crippen LogP contribution < -0.4 is 4.90 Å². The molecule has 0 spiro atoms. The average Bonchev–Trinajstić information content (AvgIpc) is 2.78. The Labute approximate surface area is 185 Å². The van der Waals surface area contributed by atoms with Gasteiger partial charge < -0.3 is 9.80 Å². The predicted octanol–water partition coefficient (Wildman–Crippen LogP) is 2.64. The first-order valence-corrected chi connectivity index (χ1v) is 12.9. The van der Waals surface area contributed by atoms with Gasteiger partial charge in [0.1, 0.15) is 0 Å². The van der Waals surface area contributed by atoms with Gasteiger partial charge in [-0.05, 0) is 68.2 Å². The van der Waals surface area contributed by atoms with Crippen LogP contribution in [0.4, 0.5) is 5.69 Å². The molecule has 4 rings (SSSR count). The Balaban J connectivity index is 1.42. The van der Waals surface area contributed by atoms with Crippen LogP contribution in [0.25, 0.3) is 0 Å². The van der Waals surface area contributed by atoms with Gasteiger partial charge in [0.25, 0.3) is 0 Å². The van der Waals surface area contributed by atoms with Crippen LogP contribution in [-0.4, -0.2) is 62.2 Å². The second-order valence-electron chi connectivity index (χ2n) is 9.25. The molecule has 0 atom stereocenters. The van der Waals surface area contributed by atoms with E-state index in [-0.39, 0.29) is 22.6 Å². The molecule has 3 aliphatic rings. The van der Waals surface area contributed by atoms with E-state index in [1.54, 1.807) is 23.1 Å². The van der Waals surface area contributed by atoms with E-state index in [0.29, 0.717) is 38.4 Å². The number of nitrogens with zero attached hydrogens (tertiary/aromatic N) is 3. The van der Waals surface area contributed by atoms with Crippen LogP contribution in [0.2, 0.25) is 0 Å². The number of carbonyl (C=O) groups excluding carboxylic acids is 2. The van der Waals surface area contributed by atoms with Gasteiger partial charge >= 0.3 is 0 Å². The van der Waals surface area contributed by atoms with E-state index in [9.17, 15) is 18.0 Å². The molecule has 0 saturated carbocycles. The number of aryl methyl sites for hydroxylation is 1. The lowest BCUT2D eigenvalue weighted by atomic mass is 9.93. The summed E-state index contributed by atoms with van der Waals surface area (Å²) >= 11 is 0. The summed E-state index contributed by atoms with van der Waals surface area (Å²) in [7, 11) is -3.61. The number of likely N-dealkylation sites (tertiary alicyclic amines) is 1. The number of rotatable bonds is 3. The molecule has 8 heteroatoms. The molecule has 1 aromatic rings. The Kier molecular flexibility index (Phi) is 6.40. The number of hydrogen-bond donors (Lipinski definition) is 0. The zero-order valence-electron chi connectivity index (χ0n) is 18.5. The lowest BCUT2D eigenvalue weighted by Gasteiger charge is -2.36. The lowest BCUT2D eigenvalue weighted by Crippen LogP contribution is -2.46. The van der Waals surface area contributed by atoms with Crippen LogP contribution in [0.15, 0.2) is 23.1 Å². The summed E-state index contributed by atoms with van der Waals surface area (Å²) in [6.45, 7) is 6.83. The summed E-state index contributed by atoms with van der Waals surface area (Å²) < 4.78 is 28.0. The highest BCUT2D eigenvalue weighted by Crippen LogP contribution is 2.32. The quantitative estimate of drug-likeness (QED) is 0.714. The van der Waals surface area contributed by atoms with E-state index in [4.69, 9.17) is 0 Å². The van der Waals surface area contributed by atoms with Gasteiger partial charge in [0, 0.05) is 51.3 Å². The molecule has 7 nitrogen and oxygen atoms in total. The fraction of sp³-hybridized carbons (Fsp3) is 0.652. The van der Waals surface area contributed by atoms with Gasteiger partial charge in [-0.25, -0.2) is 8.42 Å². The van der Waals surface area contributed by atoms with E-state index < -0.39 is 10.0 Å². The molecule has 31 heavy (non-hydrogen) atoms. The Morgan fingerprint density at radius 3 is 2.29 bits per heavy atom. The summed E-state index contributed by atoms with van der Waals surface area (Å²) in [6.07, 6.45) is 4.86. The van der Waals surface area contributed by atoms with E-state index in [1.165, 1.54) is 11.2 Å². The highest BCUT2D eigenvalue weighted by atomic mass is 32.2. The van der Waals surface area contributed by atoms with Crippen LogP contribution in [0.1, 0.15) is 51.5 Å². The molecule has 0 radical (unpaired) electrons. The molecular weight excluding hydrogens is 414 g/mol. The van der Waals surface area contributed by atoms with Gasteiger partial charge in [-0.2, -0.15) is 4.31 Å². The third-order valence-corrected chi connectivity index (χ3v) is 8.98. The number of benzene rings is 1. The molecule has 0 aliphatic carbocycles. The van der Waals surface area contributed by atoms with Gasteiger partial charge in [0.2, 0.25) is 21.8 Å². The van der Waals surface area contributed by atoms with Crippen molar-refractivity contribution in [3.05, 3.63) is 23.8 Å². The van der Waals surface area contributed by atoms with Crippen LogP contribution in [0.3, 0.4) is 0 Å². The zero-order valence-corrected chi connectivity index (χ0v) is 19.4. The van der Waals surface area contributed by atoms with Gasteiger partial charge in [-0.3, -0.25) is 9.59 Å². The molecule has 170 valence electrons. The molecule has 0 aromatic heterocycles. The maximum absolute atomic E-state index is 13.3. The fourth-order valence-corrected chi connectivity index (χ4v) is 6.56. The maximum Gasteiger partial charge on any atom is 0.243 e. The standard InChI is InChI=1S/C23H33N3O4S/c1-17-7-12-24(13-8-17)23(28)19-9-14-25(15-10-19)31(29,30)21-5-6-22-20(16-21)4-3-11-26(22)18(2)27/h5-6,16-17,19H,3-4,7-15H2,1-2H3. The van der Waals surface area contributed by atoms with Crippen molar-refractivity contribution in [2.24, 2.45) is 11.8 Å². The topological polar surface area (TPSA) is 78.0 Å². The number of fused-ring (bicyclic) bond motifs is 1. The van der Waals surface area contributed by atoms with Gasteiger partial charge in [0.15, 0.2) is 0 Å². The van der Waals surface area contributed by atoms with E-state index in [1.807, 2.05) is 4.90 Å². The van der Waals surface area contributed by atoms with E-state index in [2.05, 4.69) is 6.92 Å². The van der Waals surface area contributed by atoms with Crippen molar-refractivity contribution in [2.75, 3.05) is 37.6 Å². The number of piperidine rings is 2. The normalized spacial score (nSPS) is 21.7. The highest BCUT2D eigenvalue weighted by Gasteiger charge is 2.35. The zero-order chi connectivity index (χ0) is 22.2. The van der Waals surface area contributed by atoms with Crippen molar-refractivity contribution in [3.63, 3.8) is 0 Å². The van der Waals surface area contributed by atoms with Crippen molar-refractivity contribution >= 4 is 27.5 Å². The number of sulfonamides is 1. The third-order valence-electron chi connectivity index (χ3n) is 7.09. The van der Waals surface area contributed by atoms with E-state index in [0.717, 1.165) is 50.0 Å². The minimum Gasteiger partial charge on any atom is -0.342 e. The Hall–Kier alpha value is -1.93. The Morgan fingerprint density at radius 1 is 0.968 bits per heavy atom. The molecule has 0 unspecified atom stereocenters. The SMILES string of the molecule is CC(=O)N1CCCc2cc(S(=O)(=O)N3CCC(C(=O)N4CCC(C)CC4)CC3)ccc21. The lowest BCUT2D eigenvalue weighted by molar-refractivity contribution is -0.138. The smallest absolute Gasteiger partial charge is 0.243 e. The highest BCUT2D eigenvalue weighted by molar-refractivity contribution is 7.89. The third kappa shape index (κ3) is 4.51. The maximum atomic E-state index is 13.3. The van der Waals surface area contributed by atoms with Crippen LogP contribution in [0, 0.1) is 11.8 Å². The van der Waals surface area contributed by atoms with Crippen molar-refractivity contribution in [2.45, 2.75) is 57.3 Å². The number of anilines is 1. The molecule has 2 saturated heterocycles. The molecular formula is C23H33N3O4S. The Bertz CT molecular complexity index is 946. The molecule has 0 bridgehead atoms. The van der Waals surface area contributed by atoms with Crippen molar-refractivity contribution in [1.29, 1.82) is 0 Å². The molecule has 2 amide bonds.